The van der Waals surface area contributed by atoms with Crippen LogP contribution in [0.15, 0.2) is 54.6 Å². The number of ether oxygens (including phenoxy) is 5. The molecule has 1 aliphatic carbocycles. The molecule has 2 atom stereocenters. The lowest BCUT2D eigenvalue weighted by Crippen LogP contribution is -2.54. The van der Waals surface area contributed by atoms with Crippen LogP contribution in [0.2, 0.25) is 10.0 Å². The first-order valence-corrected chi connectivity index (χ1v) is 21.4. The number of aliphatic hydroxyl groups is 1. The van der Waals surface area contributed by atoms with Crippen LogP contribution < -0.4 is 14.2 Å². The summed E-state index contributed by atoms with van der Waals surface area (Å²) in [5, 5.41) is 10.1. The Kier molecular flexibility index (Phi) is 15.4. The summed E-state index contributed by atoms with van der Waals surface area (Å²) in [6.07, 6.45) is 6.99. The third-order valence-corrected chi connectivity index (χ3v) is 13.9. The lowest BCUT2D eigenvalue weighted by atomic mass is 9.72. The van der Waals surface area contributed by atoms with Crippen LogP contribution in [0.3, 0.4) is 0 Å². The zero-order chi connectivity index (χ0) is 40.9. The van der Waals surface area contributed by atoms with E-state index in [-0.39, 0.29) is 49.0 Å². The normalized spacial score (nSPS) is 21.8. The first-order valence-electron chi connectivity index (χ1n) is 20.6. The highest BCUT2D eigenvalue weighted by Crippen LogP contribution is 2.48. The van der Waals surface area contributed by atoms with E-state index in [0.717, 1.165) is 83.2 Å². The van der Waals surface area contributed by atoms with Gasteiger partial charge in [0.05, 0.1) is 50.6 Å². The van der Waals surface area contributed by atoms with E-state index in [2.05, 4.69) is 29.2 Å². The molecule has 322 valence electrons. The Bertz CT molecular complexity index is 1890. The van der Waals surface area contributed by atoms with E-state index in [1.807, 2.05) is 21.9 Å². The summed E-state index contributed by atoms with van der Waals surface area (Å²) in [4.78, 5) is 33.9. The summed E-state index contributed by atoms with van der Waals surface area (Å²) >= 11 is 13.0. The first-order chi connectivity index (χ1) is 28.1. The van der Waals surface area contributed by atoms with Crippen molar-refractivity contribution in [2.75, 3.05) is 87.0 Å². The number of morpholine rings is 1. The van der Waals surface area contributed by atoms with Gasteiger partial charge in [-0.05, 0) is 111 Å². The average Bonchev–Trinajstić information content (AvgIpc) is 3.56. The van der Waals surface area contributed by atoms with E-state index in [0.29, 0.717) is 64.9 Å². The van der Waals surface area contributed by atoms with Crippen molar-refractivity contribution in [1.82, 2.24) is 14.7 Å². The molecule has 3 heterocycles. The van der Waals surface area contributed by atoms with Gasteiger partial charge < -0.3 is 43.5 Å². The minimum Gasteiger partial charge on any atom is -0.493 e. The quantitative estimate of drug-likeness (QED) is 0.180. The summed E-state index contributed by atoms with van der Waals surface area (Å²) in [6, 6.07) is 17.6. The molecule has 0 unspecified atom stereocenters. The number of halogens is 3. The highest BCUT2D eigenvalue weighted by molar-refractivity contribution is 6.42. The average molecular weight is 875 g/mol. The molecule has 2 amide bonds. The molecule has 3 fully saturated rings. The van der Waals surface area contributed by atoms with Crippen LogP contribution in [-0.4, -0.2) is 125 Å². The topological polar surface area (TPSA) is 110 Å². The third kappa shape index (κ3) is 9.62. The van der Waals surface area contributed by atoms with E-state index >= 15 is 0 Å². The van der Waals surface area contributed by atoms with Crippen LogP contribution in [-0.2, 0) is 31.7 Å². The van der Waals surface area contributed by atoms with Crippen LogP contribution in [0.25, 0.3) is 0 Å². The van der Waals surface area contributed by atoms with Crippen LogP contribution in [0.5, 0.6) is 17.2 Å². The molecule has 3 aromatic rings. The van der Waals surface area contributed by atoms with Crippen molar-refractivity contribution < 1.29 is 38.4 Å². The van der Waals surface area contributed by atoms with E-state index in [1.165, 1.54) is 32.5 Å². The SMILES string of the molecule is COc1cc(C(=O)N2CCO[C@](CCN3CCC4(CC3)c3ccccc3C[C@@H]4OCC(=O)N3CCC(CCCO)CC3)(c3ccc(Cl)c(Cl)c3)C2)cc(OC)c1OC.Cl. The van der Waals surface area contributed by atoms with Gasteiger partial charge in [0.1, 0.15) is 12.2 Å². The lowest BCUT2D eigenvalue weighted by molar-refractivity contribution is -0.141. The molecule has 14 heteroatoms. The highest BCUT2D eigenvalue weighted by Gasteiger charge is 2.50. The van der Waals surface area contributed by atoms with Crippen molar-refractivity contribution in [3.8, 4) is 17.2 Å². The van der Waals surface area contributed by atoms with Gasteiger partial charge in [-0.2, -0.15) is 0 Å². The number of aliphatic hydroxyl groups excluding tert-OH is 1. The number of nitrogens with zero attached hydrogens (tertiary/aromatic N) is 3. The van der Waals surface area contributed by atoms with Gasteiger partial charge in [-0.1, -0.05) is 53.5 Å². The molecule has 0 radical (unpaired) electrons. The summed E-state index contributed by atoms with van der Waals surface area (Å²) in [5.41, 5.74) is 2.95. The third-order valence-electron chi connectivity index (χ3n) is 13.1. The molecule has 7 rings (SSSR count). The minimum absolute atomic E-state index is 0. The van der Waals surface area contributed by atoms with Crippen molar-refractivity contribution in [1.29, 1.82) is 0 Å². The van der Waals surface area contributed by atoms with E-state index in [9.17, 15) is 14.7 Å². The molecule has 0 bridgehead atoms. The Morgan fingerprint density at radius 1 is 0.881 bits per heavy atom. The number of methoxy groups -OCH3 is 3. The Labute approximate surface area is 364 Å². The van der Waals surface area contributed by atoms with Crippen LogP contribution in [0.4, 0.5) is 0 Å². The number of hydrogen-bond acceptors (Lipinski definition) is 9. The number of carbonyl (C=O) groups excluding carboxylic acids is 2. The fraction of sp³-hybridized carbons (Fsp3) is 0.556. The van der Waals surface area contributed by atoms with Gasteiger partial charge in [-0.15, -0.1) is 12.4 Å². The van der Waals surface area contributed by atoms with Crippen molar-refractivity contribution in [2.45, 2.75) is 68.5 Å². The van der Waals surface area contributed by atoms with Crippen LogP contribution >= 0.6 is 35.6 Å². The predicted molar refractivity (Wildman–Crippen MR) is 231 cm³/mol. The summed E-state index contributed by atoms with van der Waals surface area (Å²) in [6.45, 7) is 5.36. The highest BCUT2D eigenvalue weighted by atomic mass is 35.5. The number of fused-ring (bicyclic) bond motifs is 2. The van der Waals surface area contributed by atoms with E-state index in [4.69, 9.17) is 46.9 Å². The maximum absolute atomic E-state index is 14.2. The zero-order valence-electron chi connectivity index (χ0n) is 34.4. The molecule has 1 N–H and O–H groups in total. The second-order valence-electron chi connectivity index (χ2n) is 16.2. The molecular weight excluding hydrogens is 817 g/mol. The maximum atomic E-state index is 14.2. The summed E-state index contributed by atoms with van der Waals surface area (Å²) in [5.74, 6) is 1.72. The predicted octanol–water partition coefficient (Wildman–Crippen LogP) is 7.19. The molecule has 3 saturated heterocycles. The molecule has 4 aliphatic rings. The number of amides is 2. The van der Waals surface area contributed by atoms with Crippen LogP contribution in [0, 0.1) is 5.92 Å². The lowest BCUT2D eigenvalue weighted by Gasteiger charge is -2.46. The number of rotatable bonds is 14. The fourth-order valence-electron chi connectivity index (χ4n) is 9.79. The molecule has 3 aliphatic heterocycles. The fourth-order valence-corrected chi connectivity index (χ4v) is 10.1. The Balaban J connectivity index is 0.00000585. The van der Waals surface area contributed by atoms with Gasteiger partial charge >= 0.3 is 0 Å². The summed E-state index contributed by atoms with van der Waals surface area (Å²) < 4.78 is 30.0. The van der Waals surface area contributed by atoms with Gasteiger partial charge in [-0.25, -0.2) is 0 Å². The molecule has 0 aromatic heterocycles. The van der Waals surface area contributed by atoms with Gasteiger partial charge in [0.25, 0.3) is 5.91 Å². The standard InChI is InChI=1S/C45H57Cl2N3O8.ClH/c1-54-38-25-33(26-39(55-2)42(38)56-3)43(53)50-22-24-58-45(30-50,34-10-11-36(46)37(47)28-34)16-21-48-19-14-44(15-20-48)35-9-5-4-8-32(35)27-40(44)57-29-41(52)49-17-12-31(13-18-49)7-6-23-51;/h4-5,8-11,25-26,28,31,40,51H,6-7,12-24,27,29-30H2,1-3H3;1H/t40-,45-;/m0./s1. The second kappa shape index (κ2) is 20.1. The van der Waals surface area contributed by atoms with Crippen molar-refractivity contribution in [2.24, 2.45) is 5.92 Å². The van der Waals surface area contributed by atoms with Crippen molar-refractivity contribution in [3.05, 3.63) is 86.9 Å². The smallest absolute Gasteiger partial charge is 0.254 e. The van der Waals surface area contributed by atoms with Crippen LogP contribution in [0.1, 0.15) is 72.0 Å². The molecule has 1 spiro atoms. The van der Waals surface area contributed by atoms with Gasteiger partial charge in [0, 0.05) is 43.8 Å². The Morgan fingerprint density at radius 3 is 2.25 bits per heavy atom. The largest absolute Gasteiger partial charge is 0.493 e. The van der Waals surface area contributed by atoms with E-state index < -0.39 is 5.60 Å². The van der Waals surface area contributed by atoms with Gasteiger partial charge in [-0.3, -0.25) is 9.59 Å². The number of hydrogen-bond donors (Lipinski definition) is 1. The Morgan fingerprint density at radius 2 is 1.59 bits per heavy atom. The first kappa shape index (κ1) is 45.2. The molecule has 11 nitrogen and oxygen atoms in total. The number of carbonyl (C=O) groups is 2. The minimum atomic E-state index is -0.836. The summed E-state index contributed by atoms with van der Waals surface area (Å²) in [7, 11) is 4.60. The number of benzene rings is 3. The molecule has 59 heavy (non-hydrogen) atoms. The monoisotopic (exact) mass is 873 g/mol. The Hall–Kier alpha value is -3.29. The van der Waals surface area contributed by atoms with Gasteiger partial charge in [0.2, 0.25) is 11.7 Å². The number of piperidine rings is 2. The maximum Gasteiger partial charge on any atom is 0.254 e. The van der Waals surface area contributed by atoms with Crippen molar-refractivity contribution >= 4 is 47.4 Å². The zero-order valence-corrected chi connectivity index (χ0v) is 36.7. The van der Waals surface area contributed by atoms with E-state index in [1.54, 1.807) is 18.2 Å². The molecular formula is C45H58Cl3N3O8. The van der Waals surface area contributed by atoms with Gasteiger partial charge in [0.15, 0.2) is 11.5 Å². The second-order valence-corrected chi connectivity index (χ2v) is 17.0. The molecule has 0 saturated carbocycles. The van der Waals surface area contributed by atoms with Crippen molar-refractivity contribution in [3.63, 3.8) is 0 Å². The number of likely N-dealkylation sites (tertiary alicyclic amines) is 2. The molecule has 3 aromatic carbocycles.